The Morgan fingerprint density at radius 2 is 1.76 bits per heavy atom. The first-order valence-electron chi connectivity index (χ1n) is 8.21. The predicted molar refractivity (Wildman–Crippen MR) is 103 cm³/mol. The minimum absolute atomic E-state index is 0.223. The monoisotopic (exact) mass is 351 g/mol. The number of carbonyl (C=O) groups excluding carboxylic acids is 1. The lowest BCUT2D eigenvalue weighted by molar-refractivity contribution is 0.251. The van der Waals surface area contributed by atoms with Gasteiger partial charge in [-0.15, -0.1) is 11.3 Å². The number of carbonyl (C=O) groups is 1. The van der Waals surface area contributed by atoms with E-state index >= 15 is 0 Å². The molecule has 0 atom stereocenters. The van der Waals surface area contributed by atoms with Crippen molar-refractivity contribution >= 4 is 23.1 Å². The Balaban J connectivity index is 1.56. The number of nitrogens with zero attached hydrogens (tertiary/aromatic N) is 1. The Morgan fingerprint density at radius 3 is 2.48 bits per heavy atom. The second kappa shape index (κ2) is 7.94. The van der Waals surface area contributed by atoms with Crippen LogP contribution in [0.25, 0.3) is 0 Å². The molecule has 0 bridgehead atoms. The van der Waals surface area contributed by atoms with Gasteiger partial charge < -0.3 is 10.6 Å². The SMILES string of the molecule is Cc1ccc(Cc2sc(CNC(=O)Nc3ccccc3)nc2C)cc1. The molecule has 0 aliphatic rings. The quantitative estimate of drug-likeness (QED) is 0.702. The van der Waals surface area contributed by atoms with Crippen LogP contribution in [0.2, 0.25) is 0 Å². The number of urea groups is 1. The van der Waals surface area contributed by atoms with E-state index in [-0.39, 0.29) is 6.03 Å². The summed E-state index contributed by atoms with van der Waals surface area (Å²) >= 11 is 1.65. The number of thiazole rings is 1. The van der Waals surface area contributed by atoms with Crippen LogP contribution in [0, 0.1) is 13.8 Å². The van der Waals surface area contributed by atoms with Gasteiger partial charge in [-0.25, -0.2) is 9.78 Å². The number of aromatic nitrogens is 1. The number of hydrogen-bond donors (Lipinski definition) is 2. The molecule has 5 heteroatoms. The molecule has 0 saturated heterocycles. The molecule has 128 valence electrons. The van der Waals surface area contributed by atoms with E-state index in [2.05, 4.69) is 46.8 Å². The number of anilines is 1. The number of para-hydroxylation sites is 1. The maximum Gasteiger partial charge on any atom is 0.319 e. The molecular weight excluding hydrogens is 330 g/mol. The van der Waals surface area contributed by atoms with E-state index in [1.165, 1.54) is 16.0 Å². The molecule has 3 aromatic rings. The van der Waals surface area contributed by atoms with Gasteiger partial charge in [-0.2, -0.15) is 0 Å². The van der Waals surface area contributed by atoms with E-state index in [9.17, 15) is 4.79 Å². The zero-order chi connectivity index (χ0) is 17.6. The van der Waals surface area contributed by atoms with Crippen molar-refractivity contribution in [1.82, 2.24) is 10.3 Å². The average Bonchev–Trinajstić information content (AvgIpc) is 2.96. The van der Waals surface area contributed by atoms with Crippen LogP contribution in [0.1, 0.15) is 26.7 Å². The molecule has 25 heavy (non-hydrogen) atoms. The van der Waals surface area contributed by atoms with Gasteiger partial charge in [0.05, 0.1) is 12.2 Å². The topological polar surface area (TPSA) is 54.0 Å². The van der Waals surface area contributed by atoms with Crippen LogP contribution < -0.4 is 10.6 Å². The normalized spacial score (nSPS) is 10.5. The number of nitrogens with one attached hydrogen (secondary N) is 2. The van der Waals surface area contributed by atoms with Crippen molar-refractivity contribution in [1.29, 1.82) is 0 Å². The van der Waals surface area contributed by atoms with Crippen molar-refractivity contribution in [2.75, 3.05) is 5.32 Å². The molecule has 0 radical (unpaired) electrons. The third kappa shape index (κ3) is 4.90. The molecule has 2 amide bonds. The summed E-state index contributed by atoms with van der Waals surface area (Å²) in [6.07, 6.45) is 0.875. The summed E-state index contributed by atoms with van der Waals surface area (Å²) < 4.78 is 0. The maximum atomic E-state index is 12.0. The molecule has 0 saturated carbocycles. The zero-order valence-corrected chi connectivity index (χ0v) is 15.2. The van der Waals surface area contributed by atoms with Crippen LogP contribution in [0.3, 0.4) is 0 Å². The summed E-state index contributed by atoms with van der Waals surface area (Å²) in [6.45, 7) is 4.54. The van der Waals surface area contributed by atoms with Crippen molar-refractivity contribution in [3.8, 4) is 0 Å². The lowest BCUT2D eigenvalue weighted by Crippen LogP contribution is -2.28. The Kier molecular flexibility index (Phi) is 5.46. The number of amides is 2. The molecular formula is C20H21N3OS. The van der Waals surface area contributed by atoms with E-state index in [1.807, 2.05) is 37.3 Å². The summed E-state index contributed by atoms with van der Waals surface area (Å²) in [6, 6.07) is 17.7. The van der Waals surface area contributed by atoms with Crippen LogP contribution in [0.5, 0.6) is 0 Å². The van der Waals surface area contributed by atoms with E-state index in [1.54, 1.807) is 11.3 Å². The van der Waals surface area contributed by atoms with Gasteiger partial charge in [0.2, 0.25) is 0 Å². The molecule has 0 unspecified atom stereocenters. The van der Waals surface area contributed by atoms with Gasteiger partial charge in [-0.3, -0.25) is 0 Å². The largest absolute Gasteiger partial charge is 0.331 e. The minimum atomic E-state index is -0.223. The van der Waals surface area contributed by atoms with Crippen molar-refractivity contribution in [2.24, 2.45) is 0 Å². The fourth-order valence-electron chi connectivity index (χ4n) is 2.47. The zero-order valence-electron chi connectivity index (χ0n) is 14.4. The molecule has 3 rings (SSSR count). The second-order valence-corrected chi connectivity index (χ2v) is 7.12. The van der Waals surface area contributed by atoms with Gasteiger partial charge in [0.15, 0.2) is 0 Å². The van der Waals surface area contributed by atoms with Gasteiger partial charge in [-0.1, -0.05) is 48.0 Å². The highest BCUT2D eigenvalue weighted by Crippen LogP contribution is 2.22. The Morgan fingerprint density at radius 1 is 1.04 bits per heavy atom. The fourth-order valence-corrected chi connectivity index (χ4v) is 3.52. The van der Waals surface area contributed by atoms with Gasteiger partial charge in [0, 0.05) is 17.0 Å². The maximum absolute atomic E-state index is 12.0. The summed E-state index contributed by atoms with van der Waals surface area (Å²) in [5, 5.41) is 6.58. The fraction of sp³-hybridized carbons (Fsp3) is 0.200. The molecule has 0 aliphatic carbocycles. The highest BCUT2D eigenvalue weighted by atomic mass is 32.1. The van der Waals surface area contributed by atoms with Crippen LogP contribution >= 0.6 is 11.3 Å². The molecule has 0 fully saturated rings. The molecule has 4 nitrogen and oxygen atoms in total. The van der Waals surface area contributed by atoms with E-state index < -0.39 is 0 Å². The molecule has 0 spiro atoms. The van der Waals surface area contributed by atoms with Crippen molar-refractivity contribution in [3.05, 3.63) is 81.3 Å². The van der Waals surface area contributed by atoms with Gasteiger partial charge in [-0.05, 0) is 31.5 Å². The highest BCUT2D eigenvalue weighted by Gasteiger charge is 2.10. The van der Waals surface area contributed by atoms with E-state index in [0.29, 0.717) is 6.54 Å². The van der Waals surface area contributed by atoms with Crippen molar-refractivity contribution in [2.45, 2.75) is 26.8 Å². The third-order valence-corrected chi connectivity index (χ3v) is 5.01. The first kappa shape index (κ1) is 17.2. The van der Waals surface area contributed by atoms with Crippen LogP contribution in [-0.4, -0.2) is 11.0 Å². The summed E-state index contributed by atoms with van der Waals surface area (Å²) in [4.78, 5) is 17.8. The Hall–Kier alpha value is -2.66. The van der Waals surface area contributed by atoms with Gasteiger partial charge >= 0.3 is 6.03 Å². The number of hydrogen-bond acceptors (Lipinski definition) is 3. The highest BCUT2D eigenvalue weighted by molar-refractivity contribution is 7.11. The van der Waals surface area contributed by atoms with Crippen LogP contribution in [-0.2, 0) is 13.0 Å². The second-order valence-electron chi connectivity index (χ2n) is 5.95. The molecule has 2 aromatic carbocycles. The average molecular weight is 351 g/mol. The van der Waals surface area contributed by atoms with E-state index in [4.69, 9.17) is 0 Å². The Bertz CT molecular complexity index is 841. The first-order valence-corrected chi connectivity index (χ1v) is 9.02. The Labute approximate surface area is 151 Å². The summed E-state index contributed by atoms with van der Waals surface area (Å²) in [5.74, 6) is 0. The summed E-state index contributed by atoms with van der Waals surface area (Å²) in [7, 11) is 0. The number of benzene rings is 2. The van der Waals surface area contributed by atoms with Gasteiger partial charge in [0.25, 0.3) is 0 Å². The van der Waals surface area contributed by atoms with E-state index in [0.717, 1.165) is 22.8 Å². The number of rotatable bonds is 5. The molecule has 2 N–H and O–H groups in total. The number of aryl methyl sites for hydroxylation is 2. The van der Waals surface area contributed by atoms with Crippen LogP contribution in [0.4, 0.5) is 10.5 Å². The third-order valence-electron chi connectivity index (χ3n) is 3.85. The smallest absolute Gasteiger partial charge is 0.319 e. The van der Waals surface area contributed by atoms with Crippen molar-refractivity contribution in [3.63, 3.8) is 0 Å². The minimum Gasteiger partial charge on any atom is -0.331 e. The molecule has 1 heterocycles. The summed E-state index contributed by atoms with van der Waals surface area (Å²) in [5.41, 5.74) is 4.35. The molecule has 0 aliphatic heterocycles. The first-order chi connectivity index (χ1) is 12.1. The standard InChI is InChI=1S/C20H21N3OS/c1-14-8-10-16(11-9-14)12-18-15(2)22-19(25-18)13-21-20(24)23-17-6-4-3-5-7-17/h3-11H,12-13H2,1-2H3,(H2,21,23,24). The van der Waals surface area contributed by atoms with Gasteiger partial charge in [0.1, 0.15) is 5.01 Å². The van der Waals surface area contributed by atoms with Crippen molar-refractivity contribution < 1.29 is 4.79 Å². The lowest BCUT2D eigenvalue weighted by atomic mass is 10.1. The van der Waals surface area contributed by atoms with Crippen LogP contribution in [0.15, 0.2) is 54.6 Å². The lowest BCUT2D eigenvalue weighted by Gasteiger charge is -2.05. The molecule has 1 aromatic heterocycles. The predicted octanol–water partition coefficient (Wildman–Crippen LogP) is 4.67.